The number of hydrogen-bond acceptors (Lipinski definition) is 9. The number of piperazine rings is 1. The van der Waals surface area contributed by atoms with Crippen molar-refractivity contribution < 1.29 is 9.18 Å². The number of aryl methyl sites for hydroxylation is 1. The van der Waals surface area contributed by atoms with Crippen molar-refractivity contribution in [1.29, 1.82) is 5.26 Å². The number of nitriles is 1. The second-order valence-electron chi connectivity index (χ2n) is 11.1. The summed E-state index contributed by atoms with van der Waals surface area (Å²) < 4.78 is 15.6. The number of aromatic nitrogens is 5. The first-order chi connectivity index (χ1) is 21.4. The van der Waals surface area contributed by atoms with Gasteiger partial charge in [-0.15, -0.1) is 0 Å². The van der Waals surface area contributed by atoms with Crippen molar-refractivity contribution in [3.63, 3.8) is 0 Å². The van der Waals surface area contributed by atoms with Crippen LogP contribution in [0.3, 0.4) is 0 Å². The lowest BCUT2D eigenvalue weighted by Gasteiger charge is -2.34. The molecule has 0 atom stereocenters. The Morgan fingerprint density at radius 1 is 1.02 bits per heavy atom. The molecule has 1 amide bonds. The number of thiazole rings is 1. The number of pyridine rings is 1. The lowest BCUT2D eigenvalue weighted by molar-refractivity contribution is -0.132. The van der Waals surface area contributed by atoms with E-state index in [2.05, 4.69) is 27.9 Å². The molecule has 44 heavy (non-hydrogen) atoms. The Kier molecular flexibility index (Phi) is 7.18. The highest BCUT2D eigenvalue weighted by molar-refractivity contribution is 7.16. The molecule has 10 nitrogen and oxygen atoms in total. The summed E-state index contributed by atoms with van der Waals surface area (Å²) in [4.78, 5) is 37.9. The van der Waals surface area contributed by atoms with Crippen LogP contribution in [0, 0.1) is 23.1 Å². The molecule has 5 heterocycles. The molecule has 5 aromatic rings. The molecule has 0 bridgehead atoms. The zero-order valence-corrected chi connectivity index (χ0v) is 25.3. The van der Waals surface area contributed by atoms with Crippen LogP contribution in [0.25, 0.3) is 28.0 Å². The number of carbonyl (C=O) groups is 1. The Labute approximate surface area is 258 Å². The largest absolute Gasteiger partial charge is 0.339 e. The first-order valence-electron chi connectivity index (χ1n) is 14.7. The van der Waals surface area contributed by atoms with Crippen LogP contribution in [0.4, 0.5) is 21.3 Å². The van der Waals surface area contributed by atoms with Crippen molar-refractivity contribution in [2.45, 2.75) is 26.2 Å². The van der Waals surface area contributed by atoms with Gasteiger partial charge in [-0.25, -0.2) is 24.3 Å². The van der Waals surface area contributed by atoms with Crippen molar-refractivity contribution in [2.24, 2.45) is 5.92 Å². The van der Waals surface area contributed by atoms with Gasteiger partial charge in [0, 0.05) is 74.4 Å². The van der Waals surface area contributed by atoms with Crippen molar-refractivity contribution in [2.75, 3.05) is 43.0 Å². The van der Waals surface area contributed by atoms with Crippen LogP contribution >= 0.6 is 11.3 Å². The van der Waals surface area contributed by atoms with Crippen LogP contribution in [0.2, 0.25) is 0 Å². The maximum atomic E-state index is 13.5. The van der Waals surface area contributed by atoms with Crippen LogP contribution < -0.4 is 9.80 Å². The second-order valence-corrected chi connectivity index (χ2v) is 12.1. The minimum atomic E-state index is -0.339. The standard InChI is InChI=1S/C32H30FN9OS/c1-3-25-29(39(2)32-38-28(26(16-34)44-32)20-6-9-24(33)10-7-20)42-19-22(8-11-27(42)37-25)23-17-35-31(36-18-23)41-14-12-40(13-15-41)30(43)21-4-5-21/h6-11,17-19,21H,3-5,12-15H2,1-2H3. The molecule has 2 aliphatic rings. The number of fused-ring (bicyclic) bond motifs is 1. The van der Waals surface area contributed by atoms with Gasteiger partial charge in [0.25, 0.3) is 0 Å². The molecule has 0 N–H and O–H groups in total. The number of imidazole rings is 1. The highest BCUT2D eigenvalue weighted by atomic mass is 32.1. The van der Waals surface area contributed by atoms with Gasteiger partial charge in [-0.05, 0) is 55.7 Å². The van der Waals surface area contributed by atoms with Crippen LogP contribution in [-0.2, 0) is 11.2 Å². The smallest absolute Gasteiger partial charge is 0.225 e. The molecular formula is C32H30FN9OS. The van der Waals surface area contributed by atoms with E-state index in [-0.39, 0.29) is 11.7 Å². The molecule has 1 aromatic carbocycles. The third-order valence-electron chi connectivity index (χ3n) is 8.21. The van der Waals surface area contributed by atoms with Crippen molar-refractivity contribution in [3.05, 3.63) is 71.4 Å². The SMILES string of the molecule is CCc1nc2ccc(-c3cnc(N4CCN(C(=O)C5CC5)CC4)nc3)cn2c1N(C)c1nc(-c2ccc(F)cc2)c(C#N)s1. The molecule has 1 saturated carbocycles. The molecule has 0 spiro atoms. The van der Waals surface area contributed by atoms with Gasteiger partial charge in [0.05, 0.1) is 5.69 Å². The molecule has 1 aliphatic heterocycles. The number of benzene rings is 1. The van der Waals surface area contributed by atoms with Gasteiger partial charge in [-0.2, -0.15) is 5.26 Å². The molecule has 0 unspecified atom stereocenters. The number of carbonyl (C=O) groups excluding carboxylic acids is 1. The molecule has 4 aromatic heterocycles. The van der Waals surface area contributed by atoms with E-state index in [1.807, 2.05) is 52.0 Å². The fourth-order valence-electron chi connectivity index (χ4n) is 5.62. The van der Waals surface area contributed by atoms with Crippen LogP contribution in [0.15, 0.2) is 55.0 Å². The third kappa shape index (κ3) is 5.13. The molecular weight excluding hydrogens is 577 g/mol. The fourth-order valence-corrected chi connectivity index (χ4v) is 6.46. The summed E-state index contributed by atoms with van der Waals surface area (Å²) in [5.74, 6) is 1.71. The van der Waals surface area contributed by atoms with Gasteiger partial charge >= 0.3 is 0 Å². The van der Waals surface area contributed by atoms with Gasteiger partial charge in [0.2, 0.25) is 11.9 Å². The van der Waals surface area contributed by atoms with E-state index < -0.39 is 0 Å². The summed E-state index contributed by atoms with van der Waals surface area (Å²) >= 11 is 1.29. The number of nitrogens with zero attached hydrogens (tertiary/aromatic N) is 9. The summed E-state index contributed by atoms with van der Waals surface area (Å²) in [5.41, 5.74) is 4.71. The first-order valence-corrected chi connectivity index (χ1v) is 15.5. The lowest BCUT2D eigenvalue weighted by Crippen LogP contribution is -2.49. The summed E-state index contributed by atoms with van der Waals surface area (Å²) in [5, 5.41) is 10.5. The van der Waals surface area contributed by atoms with Gasteiger partial charge in [-0.1, -0.05) is 18.3 Å². The van der Waals surface area contributed by atoms with Gasteiger partial charge in [0.15, 0.2) is 5.13 Å². The number of hydrogen-bond donors (Lipinski definition) is 0. The van der Waals surface area contributed by atoms with E-state index in [0.717, 1.165) is 54.2 Å². The van der Waals surface area contributed by atoms with Crippen LogP contribution in [0.5, 0.6) is 0 Å². The molecule has 0 radical (unpaired) electrons. The van der Waals surface area contributed by atoms with Gasteiger partial charge in [0.1, 0.15) is 33.9 Å². The monoisotopic (exact) mass is 607 g/mol. The topological polar surface area (TPSA) is 107 Å². The predicted octanol–water partition coefficient (Wildman–Crippen LogP) is 5.31. The number of rotatable bonds is 7. The van der Waals surface area contributed by atoms with E-state index in [1.165, 1.54) is 23.5 Å². The summed E-state index contributed by atoms with van der Waals surface area (Å²) in [7, 11) is 1.92. The summed E-state index contributed by atoms with van der Waals surface area (Å²) in [6.07, 6.45) is 8.44. The lowest BCUT2D eigenvalue weighted by atomic mass is 10.1. The van der Waals surface area contributed by atoms with E-state index in [0.29, 0.717) is 52.6 Å². The Morgan fingerprint density at radius 2 is 1.73 bits per heavy atom. The first kappa shape index (κ1) is 27.9. The van der Waals surface area contributed by atoms with E-state index in [4.69, 9.17) is 9.97 Å². The normalized spacial score (nSPS) is 15.0. The van der Waals surface area contributed by atoms with Crippen LogP contribution in [0.1, 0.15) is 30.3 Å². The molecule has 2 fully saturated rings. The highest BCUT2D eigenvalue weighted by Gasteiger charge is 2.35. The van der Waals surface area contributed by atoms with Gasteiger partial charge in [-0.3, -0.25) is 9.20 Å². The maximum Gasteiger partial charge on any atom is 0.225 e. The Bertz CT molecular complexity index is 1880. The molecule has 12 heteroatoms. The van der Waals surface area contributed by atoms with Gasteiger partial charge < -0.3 is 14.7 Å². The average molecular weight is 608 g/mol. The molecule has 222 valence electrons. The van der Waals surface area contributed by atoms with Crippen molar-refractivity contribution in [1.82, 2.24) is 29.2 Å². The van der Waals surface area contributed by atoms with Crippen molar-refractivity contribution in [3.8, 4) is 28.5 Å². The van der Waals surface area contributed by atoms with E-state index in [1.54, 1.807) is 12.1 Å². The Balaban J connectivity index is 1.15. The Hall–Kier alpha value is -4.89. The molecule has 7 rings (SSSR count). The molecule has 1 saturated heterocycles. The summed E-state index contributed by atoms with van der Waals surface area (Å²) in [6, 6.07) is 12.2. The predicted molar refractivity (Wildman–Crippen MR) is 167 cm³/mol. The maximum absolute atomic E-state index is 13.5. The zero-order chi connectivity index (χ0) is 30.4. The Morgan fingerprint density at radius 3 is 2.39 bits per heavy atom. The van der Waals surface area contributed by atoms with Crippen LogP contribution in [-0.4, -0.2) is 68.4 Å². The molecule has 1 aliphatic carbocycles. The average Bonchev–Trinajstić information content (AvgIpc) is 3.72. The minimum absolute atomic E-state index is 0.245. The fraction of sp³-hybridized carbons (Fsp3) is 0.312. The zero-order valence-electron chi connectivity index (χ0n) is 24.4. The summed E-state index contributed by atoms with van der Waals surface area (Å²) in [6.45, 7) is 4.91. The van der Waals surface area contributed by atoms with Crippen molar-refractivity contribution >= 4 is 39.8 Å². The second kappa shape index (κ2) is 11.3. The van der Waals surface area contributed by atoms with E-state index in [9.17, 15) is 14.4 Å². The third-order valence-corrected chi connectivity index (χ3v) is 9.25. The number of halogens is 1. The van der Waals surface area contributed by atoms with E-state index >= 15 is 0 Å². The minimum Gasteiger partial charge on any atom is -0.339 e. The number of amides is 1. The number of anilines is 3. The quantitative estimate of drug-likeness (QED) is 0.245. The highest BCUT2D eigenvalue weighted by Crippen LogP contribution is 2.37.